The van der Waals surface area contributed by atoms with Gasteiger partial charge in [0.1, 0.15) is 5.82 Å². The van der Waals surface area contributed by atoms with Crippen LogP contribution in [0.15, 0.2) is 22.8 Å². The predicted octanol–water partition coefficient (Wildman–Crippen LogP) is 2.15. The van der Waals surface area contributed by atoms with Crippen LogP contribution in [0.25, 0.3) is 0 Å². The summed E-state index contributed by atoms with van der Waals surface area (Å²) in [6.45, 7) is 3.06. The number of aliphatic carboxylic acids is 1. The first-order valence-electron chi connectivity index (χ1n) is 5.11. The molecule has 1 aromatic heterocycles. The van der Waals surface area contributed by atoms with Crippen LogP contribution in [-0.4, -0.2) is 29.1 Å². The molecule has 0 spiro atoms. The van der Waals surface area contributed by atoms with Crippen molar-refractivity contribution in [3.63, 3.8) is 0 Å². The number of carbonyl (C=O) groups is 1. The number of anilines is 1. The Hall–Kier alpha value is -1.10. The van der Waals surface area contributed by atoms with Gasteiger partial charge >= 0.3 is 5.97 Å². The highest BCUT2D eigenvalue weighted by Crippen LogP contribution is 2.32. The summed E-state index contributed by atoms with van der Waals surface area (Å²) >= 11 is 3.32. The highest BCUT2D eigenvalue weighted by molar-refractivity contribution is 9.10. The number of hydrogen-bond donors (Lipinski definition) is 1. The third kappa shape index (κ3) is 2.04. The van der Waals surface area contributed by atoms with Gasteiger partial charge < -0.3 is 10.0 Å². The molecule has 86 valence electrons. The second-order valence-corrected chi connectivity index (χ2v) is 5.29. The minimum Gasteiger partial charge on any atom is -0.481 e. The van der Waals surface area contributed by atoms with Crippen molar-refractivity contribution in [3.8, 4) is 0 Å². The number of rotatable bonds is 2. The maximum atomic E-state index is 11.1. The normalized spacial score (nSPS) is 24.8. The van der Waals surface area contributed by atoms with E-state index in [9.17, 15) is 4.79 Å². The average Bonchev–Trinajstić information content (AvgIpc) is 2.63. The molecule has 0 aliphatic carbocycles. The van der Waals surface area contributed by atoms with Crippen LogP contribution in [0.2, 0.25) is 0 Å². The van der Waals surface area contributed by atoms with Crippen molar-refractivity contribution in [2.24, 2.45) is 5.41 Å². The van der Waals surface area contributed by atoms with Gasteiger partial charge in [0.25, 0.3) is 0 Å². The maximum Gasteiger partial charge on any atom is 0.311 e. The van der Waals surface area contributed by atoms with Gasteiger partial charge in [-0.05, 0) is 41.4 Å². The van der Waals surface area contributed by atoms with Gasteiger partial charge in [0.05, 0.1) is 5.41 Å². The van der Waals surface area contributed by atoms with Crippen molar-refractivity contribution in [1.82, 2.24) is 4.98 Å². The van der Waals surface area contributed by atoms with Gasteiger partial charge in [0, 0.05) is 23.8 Å². The summed E-state index contributed by atoms with van der Waals surface area (Å²) < 4.78 is 0.927. The summed E-state index contributed by atoms with van der Waals surface area (Å²) in [5.41, 5.74) is -0.644. The predicted molar refractivity (Wildman–Crippen MR) is 64.5 cm³/mol. The molecule has 0 saturated carbocycles. The monoisotopic (exact) mass is 284 g/mol. The Morgan fingerprint density at radius 3 is 2.88 bits per heavy atom. The lowest BCUT2D eigenvalue weighted by molar-refractivity contribution is -0.146. The molecule has 1 unspecified atom stereocenters. The topological polar surface area (TPSA) is 53.4 Å². The van der Waals surface area contributed by atoms with Crippen LogP contribution < -0.4 is 4.90 Å². The quantitative estimate of drug-likeness (QED) is 0.904. The van der Waals surface area contributed by atoms with Crippen LogP contribution >= 0.6 is 15.9 Å². The molecular weight excluding hydrogens is 272 g/mol. The summed E-state index contributed by atoms with van der Waals surface area (Å²) in [5.74, 6) is 0.111. The Kier molecular flexibility index (Phi) is 2.88. The van der Waals surface area contributed by atoms with E-state index in [0.717, 1.165) is 16.8 Å². The Balaban J connectivity index is 2.15. The molecule has 4 nitrogen and oxygen atoms in total. The smallest absolute Gasteiger partial charge is 0.311 e. The molecule has 2 heterocycles. The van der Waals surface area contributed by atoms with E-state index in [2.05, 4.69) is 20.9 Å². The summed E-state index contributed by atoms with van der Waals surface area (Å²) in [5, 5.41) is 9.13. The Labute approximate surface area is 102 Å². The molecule has 1 saturated heterocycles. The summed E-state index contributed by atoms with van der Waals surface area (Å²) in [6.07, 6.45) is 2.39. The largest absolute Gasteiger partial charge is 0.481 e. The molecule has 1 aliphatic rings. The third-order valence-corrected chi connectivity index (χ3v) is 3.49. The van der Waals surface area contributed by atoms with Gasteiger partial charge in [0.2, 0.25) is 0 Å². The van der Waals surface area contributed by atoms with Crippen LogP contribution in [-0.2, 0) is 4.79 Å². The first-order chi connectivity index (χ1) is 7.51. The molecule has 16 heavy (non-hydrogen) atoms. The van der Waals surface area contributed by atoms with Gasteiger partial charge in [-0.25, -0.2) is 4.98 Å². The number of nitrogens with zero attached hydrogens (tertiary/aromatic N) is 2. The van der Waals surface area contributed by atoms with Gasteiger partial charge in [0.15, 0.2) is 0 Å². The van der Waals surface area contributed by atoms with Crippen LogP contribution in [0.4, 0.5) is 5.82 Å². The van der Waals surface area contributed by atoms with Crippen molar-refractivity contribution in [2.45, 2.75) is 13.3 Å². The molecule has 5 heteroatoms. The van der Waals surface area contributed by atoms with E-state index in [4.69, 9.17) is 5.11 Å². The average molecular weight is 285 g/mol. The molecule has 1 fully saturated rings. The first kappa shape index (κ1) is 11.4. The lowest BCUT2D eigenvalue weighted by Crippen LogP contribution is -2.31. The van der Waals surface area contributed by atoms with E-state index in [-0.39, 0.29) is 0 Å². The highest BCUT2D eigenvalue weighted by Gasteiger charge is 2.40. The molecule has 1 aromatic rings. The van der Waals surface area contributed by atoms with Gasteiger partial charge in [-0.2, -0.15) is 0 Å². The first-order valence-corrected chi connectivity index (χ1v) is 5.90. The standard InChI is InChI=1S/C11H13BrN2O2/c1-11(10(15)16)4-5-14(7-11)9-3-2-8(12)6-13-9/h2-3,6H,4-5,7H2,1H3,(H,15,16). The fourth-order valence-corrected chi connectivity index (χ4v) is 2.12. The fraction of sp³-hybridized carbons (Fsp3) is 0.455. The van der Waals surface area contributed by atoms with Gasteiger partial charge in [-0.15, -0.1) is 0 Å². The zero-order valence-electron chi connectivity index (χ0n) is 8.98. The molecule has 0 amide bonds. The second-order valence-electron chi connectivity index (χ2n) is 4.37. The zero-order valence-corrected chi connectivity index (χ0v) is 10.6. The molecule has 0 bridgehead atoms. The molecule has 0 aromatic carbocycles. The third-order valence-electron chi connectivity index (χ3n) is 3.03. The van der Waals surface area contributed by atoms with Gasteiger partial charge in [-0.1, -0.05) is 0 Å². The number of carboxylic acids is 1. The van der Waals surface area contributed by atoms with Crippen molar-refractivity contribution in [3.05, 3.63) is 22.8 Å². The number of halogens is 1. The fourth-order valence-electron chi connectivity index (χ4n) is 1.89. The molecule has 1 N–H and O–H groups in total. The molecular formula is C11H13BrN2O2. The summed E-state index contributed by atoms with van der Waals surface area (Å²) in [7, 11) is 0. The van der Waals surface area contributed by atoms with E-state index >= 15 is 0 Å². The van der Waals surface area contributed by atoms with Crippen molar-refractivity contribution < 1.29 is 9.90 Å². The van der Waals surface area contributed by atoms with E-state index in [1.165, 1.54) is 0 Å². The molecule has 2 rings (SSSR count). The number of carboxylic acid groups (broad SMARTS) is 1. The number of aromatic nitrogens is 1. The zero-order chi connectivity index (χ0) is 11.8. The Morgan fingerprint density at radius 1 is 1.62 bits per heavy atom. The molecule has 1 atom stereocenters. The maximum absolute atomic E-state index is 11.1. The van der Waals surface area contributed by atoms with Crippen LogP contribution in [0.5, 0.6) is 0 Å². The minimum atomic E-state index is -0.730. The van der Waals surface area contributed by atoms with E-state index < -0.39 is 11.4 Å². The van der Waals surface area contributed by atoms with Crippen LogP contribution in [0.3, 0.4) is 0 Å². The van der Waals surface area contributed by atoms with Crippen LogP contribution in [0, 0.1) is 5.41 Å². The van der Waals surface area contributed by atoms with E-state index in [1.54, 1.807) is 13.1 Å². The highest BCUT2D eigenvalue weighted by atomic mass is 79.9. The van der Waals surface area contributed by atoms with E-state index in [0.29, 0.717) is 13.0 Å². The lowest BCUT2D eigenvalue weighted by Gasteiger charge is -2.20. The lowest BCUT2D eigenvalue weighted by atomic mass is 9.90. The Morgan fingerprint density at radius 2 is 2.38 bits per heavy atom. The minimum absolute atomic E-state index is 0.525. The molecule has 1 aliphatic heterocycles. The number of hydrogen-bond acceptors (Lipinski definition) is 3. The SMILES string of the molecule is CC1(C(=O)O)CCN(c2ccc(Br)cn2)C1. The van der Waals surface area contributed by atoms with Crippen molar-refractivity contribution in [2.75, 3.05) is 18.0 Å². The van der Waals surface area contributed by atoms with Gasteiger partial charge in [-0.3, -0.25) is 4.79 Å². The summed E-state index contributed by atoms with van der Waals surface area (Å²) in [6, 6.07) is 3.82. The number of pyridine rings is 1. The summed E-state index contributed by atoms with van der Waals surface area (Å²) in [4.78, 5) is 17.4. The van der Waals surface area contributed by atoms with Crippen LogP contribution in [0.1, 0.15) is 13.3 Å². The molecule has 0 radical (unpaired) electrons. The van der Waals surface area contributed by atoms with Crippen molar-refractivity contribution in [1.29, 1.82) is 0 Å². The van der Waals surface area contributed by atoms with E-state index in [1.807, 2.05) is 17.0 Å². The second kappa shape index (κ2) is 4.05. The Bertz CT molecular complexity index is 407. The van der Waals surface area contributed by atoms with Crippen molar-refractivity contribution >= 4 is 27.7 Å².